The SMILES string of the molecule is CN=C(NCC(=O)NC(C)(C)C)NCC(C)N1CCN(C)CC1. The number of aliphatic imine (C=N–C) groups is 1. The van der Waals surface area contributed by atoms with E-state index in [9.17, 15) is 4.79 Å². The highest BCUT2D eigenvalue weighted by Crippen LogP contribution is 2.03. The van der Waals surface area contributed by atoms with E-state index in [0.29, 0.717) is 12.0 Å². The van der Waals surface area contributed by atoms with Crippen LogP contribution in [0.3, 0.4) is 0 Å². The molecule has 1 unspecified atom stereocenters. The largest absolute Gasteiger partial charge is 0.355 e. The van der Waals surface area contributed by atoms with Gasteiger partial charge in [0.05, 0.1) is 6.54 Å². The first-order valence-corrected chi connectivity index (χ1v) is 8.39. The number of likely N-dealkylation sites (N-methyl/N-ethyl adjacent to an activating group) is 1. The number of nitrogens with zero attached hydrogens (tertiary/aromatic N) is 3. The van der Waals surface area contributed by atoms with Crippen molar-refractivity contribution in [2.75, 3.05) is 53.4 Å². The van der Waals surface area contributed by atoms with Crippen LogP contribution in [0, 0.1) is 0 Å². The maximum Gasteiger partial charge on any atom is 0.239 e. The predicted molar refractivity (Wildman–Crippen MR) is 95.8 cm³/mol. The predicted octanol–water partition coefficient (Wildman–Crippen LogP) is -0.298. The molecule has 7 heteroatoms. The summed E-state index contributed by atoms with van der Waals surface area (Å²) in [6.45, 7) is 13.6. The Morgan fingerprint density at radius 3 is 2.30 bits per heavy atom. The molecule has 0 radical (unpaired) electrons. The zero-order valence-corrected chi connectivity index (χ0v) is 15.6. The fourth-order valence-corrected chi connectivity index (χ4v) is 2.48. The monoisotopic (exact) mass is 326 g/mol. The van der Waals surface area contributed by atoms with Gasteiger partial charge in [-0.3, -0.25) is 14.7 Å². The quantitative estimate of drug-likeness (QED) is 0.478. The van der Waals surface area contributed by atoms with Crippen LogP contribution in [0.2, 0.25) is 0 Å². The van der Waals surface area contributed by atoms with E-state index >= 15 is 0 Å². The Hall–Kier alpha value is -1.34. The lowest BCUT2D eigenvalue weighted by Crippen LogP contribution is -2.53. The van der Waals surface area contributed by atoms with Crippen molar-refractivity contribution in [3.63, 3.8) is 0 Å². The summed E-state index contributed by atoms with van der Waals surface area (Å²) in [6.07, 6.45) is 0. The van der Waals surface area contributed by atoms with Crippen molar-refractivity contribution < 1.29 is 4.79 Å². The number of piperazine rings is 1. The van der Waals surface area contributed by atoms with E-state index in [1.54, 1.807) is 7.05 Å². The summed E-state index contributed by atoms with van der Waals surface area (Å²) >= 11 is 0. The maximum absolute atomic E-state index is 11.8. The van der Waals surface area contributed by atoms with Gasteiger partial charge in [-0.05, 0) is 34.7 Å². The van der Waals surface area contributed by atoms with E-state index < -0.39 is 0 Å². The van der Waals surface area contributed by atoms with E-state index in [0.717, 1.165) is 32.7 Å². The van der Waals surface area contributed by atoms with Gasteiger partial charge in [-0.25, -0.2) is 0 Å². The number of nitrogens with one attached hydrogen (secondary N) is 3. The second kappa shape index (κ2) is 9.08. The molecule has 1 saturated heterocycles. The van der Waals surface area contributed by atoms with Crippen LogP contribution in [-0.2, 0) is 4.79 Å². The van der Waals surface area contributed by atoms with Gasteiger partial charge in [0.15, 0.2) is 5.96 Å². The van der Waals surface area contributed by atoms with Gasteiger partial charge in [-0.1, -0.05) is 0 Å². The Labute approximate surface area is 140 Å². The molecular formula is C16H34N6O. The third kappa shape index (κ3) is 8.18. The van der Waals surface area contributed by atoms with Gasteiger partial charge in [0.1, 0.15) is 0 Å². The summed E-state index contributed by atoms with van der Waals surface area (Å²) in [4.78, 5) is 20.8. The Morgan fingerprint density at radius 1 is 1.17 bits per heavy atom. The first-order valence-electron chi connectivity index (χ1n) is 8.39. The molecule has 1 rings (SSSR count). The highest BCUT2D eigenvalue weighted by molar-refractivity contribution is 5.86. The maximum atomic E-state index is 11.8. The van der Waals surface area contributed by atoms with Gasteiger partial charge >= 0.3 is 0 Å². The van der Waals surface area contributed by atoms with Gasteiger partial charge in [-0.15, -0.1) is 0 Å². The molecule has 0 aliphatic carbocycles. The molecule has 1 atom stereocenters. The fraction of sp³-hybridized carbons (Fsp3) is 0.875. The average Bonchev–Trinajstić information content (AvgIpc) is 2.46. The first-order chi connectivity index (χ1) is 10.7. The number of hydrogen-bond donors (Lipinski definition) is 3. The summed E-state index contributed by atoms with van der Waals surface area (Å²) in [5.41, 5.74) is -0.217. The highest BCUT2D eigenvalue weighted by atomic mass is 16.2. The molecule has 0 spiro atoms. The van der Waals surface area contributed by atoms with E-state index in [4.69, 9.17) is 0 Å². The molecule has 7 nitrogen and oxygen atoms in total. The number of hydrogen-bond acceptors (Lipinski definition) is 4. The molecule has 1 fully saturated rings. The number of guanidine groups is 1. The minimum absolute atomic E-state index is 0.0347. The third-order valence-electron chi connectivity index (χ3n) is 3.88. The smallest absolute Gasteiger partial charge is 0.239 e. The fourth-order valence-electron chi connectivity index (χ4n) is 2.48. The third-order valence-corrected chi connectivity index (χ3v) is 3.88. The number of carbonyl (C=O) groups is 1. The normalized spacial score (nSPS) is 19.3. The van der Waals surface area contributed by atoms with Crippen LogP contribution < -0.4 is 16.0 Å². The highest BCUT2D eigenvalue weighted by Gasteiger charge is 2.19. The lowest BCUT2D eigenvalue weighted by molar-refractivity contribution is -0.121. The van der Waals surface area contributed by atoms with Crippen molar-refractivity contribution in [2.45, 2.75) is 39.3 Å². The molecule has 23 heavy (non-hydrogen) atoms. The number of amides is 1. The Kier molecular flexibility index (Phi) is 7.78. The van der Waals surface area contributed by atoms with Crippen LogP contribution in [0.5, 0.6) is 0 Å². The molecule has 0 aromatic carbocycles. The molecule has 1 heterocycles. The van der Waals surface area contributed by atoms with E-state index in [1.165, 1.54) is 0 Å². The van der Waals surface area contributed by atoms with Gasteiger partial charge < -0.3 is 20.9 Å². The minimum atomic E-state index is -0.217. The van der Waals surface area contributed by atoms with Gasteiger partial charge in [-0.2, -0.15) is 0 Å². The van der Waals surface area contributed by atoms with Gasteiger partial charge in [0, 0.05) is 51.4 Å². The van der Waals surface area contributed by atoms with Crippen molar-refractivity contribution in [1.82, 2.24) is 25.8 Å². The van der Waals surface area contributed by atoms with E-state index in [1.807, 2.05) is 20.8 Å². The molecule has 1 amide bonds. The van der Waals surface area contributed by atoms with Crippen LogP contribution in [0.4, 0.5) is 0 Å². The summed E-state index contributed by atoms with van der Waals surface area (Å²) < 4.78 is 0. The summed E-state index contributed by atoms with van der Waals surface area (Å²) in [5, 5.41) is 9.28. The Morgan fingerprint density at radius 2 is 1.78 bits per heavy atom. The van der Waals surface area contributed by atoms with Crippen molar-refractivity contribution >= 4 is 11.9 Å². The molecule has 1 aliphatic rings. The molecule has 0 aromatic heterocycles. The zero-order chi connectivity index (χ0) is 17.5. The van der Waals surface area contributed by atoms with E-state index in [-0.39, 0.29) is 18.0 Å². The molecule has 1 aliphatic heterocycles. The molecule has 0 bridgehead atoms. The van der Waals surface area contributed by atoms with Crippen molar-refractivity contribution in [3.8, 4) is 0 Å². The van der Waals surface area contributed by atoms with Crippen LogP contribution >= 0.6 is 0 Å². The van der Waals surface area contributed by atoms with Crippen LogP contribution in [-0.4, -0.2) is 86.6 Å². The number of carbonyl (C=O) groups excluding carboxylic acids is 1. The molecule has 3 N–H and O–H groups in total. The summed E-state index contributed by atoms with van der Waals surface area (Å²) in [5.74, 6) is 0.627. The van der Waals surface area contributed by atoms with Crippen LogP contribution in [0.1, 0.15) is 27.7 Å². The Bertz CT molecular complexity index is 396. The lowest BCUT2D eigenvalue weighted by Gasteiger charge is -2.36. The molecule has 0 saturated carbocycles. The van der Waals surface area contributed by atoms with Crippen LogP contribution in [0.25, 0.3) is 0 Å². The zero-order valence-electron chi connectivity index (χ0n) is 15.6. The average molecular weight is 326 g/mol. The molecule has 134 valence electrons. The van der Waals surface area contributed by atoms with Crippen LogP contribution in [0.15, 0.2) is 4.99 Å². The summed E-state index contributed by atoms with van der Waals surface area (Å²) in [6, 6.07) is 0.436. The Balaban J connectivity index is 2.29. The molecule has 0 aromatic rings. The lowest BCUT2D eigenvalue weighted by atomic mass is 10.1. The topological polar surface area (TPSA) is 72.0 Å². The van der Waals surface area contributed by atoms with Gasteiger partial charge in [0.25, 0.3) is 0 Å². The summed E-state index contributed by atoms with van der Waals surface area (Å²) in [7, 11) is 3.88. The standard InChI is InChI=1S/C16H34N6O/c1-13(22-9-7-21(6)8-10-22)11-18-15(17-5)19-12-14(23)20-16(2,3)4/h13H,7-12H2,1-6H3,(H,20,23)(H2,17,18,19). The van der Waals surface area contributed by atoms with Gasteiger partial charge in [0.2, 0.25) is 5.91 Å². The van der Waals surface area contributed by atoms with Crippen molar-refractivity contribution in [1.29, 1.82) is 0 Å². The number of rotatable bonds is 5. The second-order valence-electron chi connectivity index (χ2n) is 7.29. The first kappa shape index (κ1) is 19.7. The van der Waals surface area contributed by atoms with Crippen molar-refractivity contribution in [3.05, 3.63) is 0 Å². The van der Waals surface area contributed by atoms with E-state index in [2.05, 4.69) is 44.7 Å². The molecular weight excluding hydrogens is 292 g/mol. The van der Waals surface area contributed by atoms with Crippen molar-refractivity contribution in [2.24, 2.45) is 4.99 Å². The minimum Gasteiger partial charge on any atom is -0.355 e. The second-order valence-corrected chi connectivity index (χ2v) is 7.29.